The minimum Gasteiger partial charge on any atom is -0.388 e. The van der Waals surface area contributed by atoms with Gasteiger partial charge in [-0.1, -0.05) is 6.07 Å². The van der Waals surface area contributed by atoms with Gasteiger partial charge in [0.15, 0.2) is 0 Å². The highest BCUT2D eigenvalue weighted by molar-refractivity contribution is 6.00. The molecule has 0 radical (unpaired) electrons. The van der Waals surface area contributed by atoms with Crippen molar-refractivity contribution in [2.75, 3.05) is 13.2 Å². The van der Waals surface area contributed by atoms with Gasteiger partial charge in [-0.05, 0) is 42.5 Å². The number of fused-ring (bicyclic) bond motifs is 1. The number of nitrogens with zero attached hydrogens (tertiary/aromatic N) is 2. The lowest BCUT2D eigenvalue weighted by Gasteiger charge is -2.33. The van der Waals surface area contributed by atoms with E-state index in [-0.39, 0.29) is 24.3 Å². The number of rotatable bonds is 4. The zero-order chi connectivity index (χ0) is 22.7. The van der Waals surface area contributed by atoms with Gasteiger partial charge in [-0.15, -0.1) is 0 Å². The summed E-state index contributed by atoms with van der Waals surface area (Å²) in [7, 11) is 0. The summed E-state index contributed by atoms with van der Waals surface area (Å²) in [6.07, 6.45) is 1.40. The Kier molecular flexibility index (Phi) is 4.75. The smallest absolute Gasteiger partial charge is 0.388 e. The van der Waals surface area contributed by atoms with E-state index in [0.717, 1.165) is 24.5 Å². The number of hydrogen-bond donors (Lipinski definition) is 2. The van der Waals surface area contributed by atoms with Crippen LogP contribution in [0.3, 0.4) is 0 Å². The van der Waals surface area contributed by atoms with Gasteiger partial charge in [-0.3, -0.25) is 4.79 Å². The molecule has 1 aromatic carbocycles. The van der Waals surface area contributed by atoms with Gasteiger partial charge < -0.3 is 19.6 Å². The molecule has 1 saturated carbocycles. The second-order valence-corrected chi connectivity index (χ2v) is 8.27. The third-order valence-electron chi connectivity index (χ3n) is 6.09. The highest BCUT2D eigenvalue weighted by Gasteiger charge is 2.48. The molecule has 10 heteroatoms. The van der Waals surface area contributed by atoms with Crippen LogP contribution in [0, 0.1) is 5.82 Å². The Morgan fingerprint density at radius 2 is 2.06 bits per heavy atom. The van der Waals surface area contributed by atoms with Crippen LogP contribution < -0.4 is 5.32 Å². The molecule has 1 aliphatic heterocycles. The predicted molar refractivity (Wildman–Crippen MR) is 105 cm³/mol. The van der Waals surface area contributed by atoms with Crippen LogP contribution in [0.5, 0.6) is 0 Å². The van der Waals surface area contributed by atoms with Gasteiger partial charge in [-0.25, -0.2) is 9.37 Å². The number of benzene rings is 1. The first-order valence-corrected chi connectivity index (χ1v) is 10.1. The molecule has 32 heavy (non-hydrogen) atoms. The highest BCUT2D eigenvalue weighted by Crippen LogP contribution is 2.40. The number of carbonyl (C=O) groups is 1. The monoisotopic (exact) mass is 449 g/mol. The number of alkyl halides is 3. The molecule has 2 unspecified atom stereocenters. The summed E-state index contributed by atoms with van der Waals surface area (Å²) in [6.45, 7) is -0.506. The quantitative estimate of drug-likeness (QED) is 0.599. The van der Waals surface area contributed by atoms with E-state index in [9.17, 15) is 27.5 Å². The molecule has 0 spiro atoms. The topological polar surface area (TPSA) is 75.9 Å². The van der Waals surface area contributed by atoms with Crippen LogP contribution in [0.25, 0.3) is 5.65 Å². The van der Waals surface area contributed by atoms with Crippen molar-refractivity contribution in [3.05, 3.63) is 70.9 Å². The summed E-state index contributed by atoms with van der Waals surface area (Å²) in [6, 6.07) is 3.54. The Morgan fingerprint density at radius 3 is 2.69 bits per heavy atom. The summed E-state index contributed by atoms with van der Waals surface area (Å²) in [5, 5.41) is 13.2. The maximum absolute atomic E-state index is 14.8. The summed E-state index contributed by atoms with van der Waals surface area (Å²) < 4.78 is 60.6. The van der Waals surface area contributed by atoms with Gasteiger partial charge in [-0.2, -0.15) is 13.2 Å². The lowest BCUT2D eigenvalue weighted by molar-refractivity contribution is -0.137. The molecule has 6 nitrogen and oxygen atoms in total. The number of nitrogens with one attached hydrogen (secondary N) is 1. The molecular weight excluding hydrogens is 430 g/mol. The summed E-state index contributed by atoms with van der Waals surface area (Å²) >= 11 is 0. The lowest BCUT2D eigenvalue weighted by atomic mass is 9.85. The second-order valence-electron chi connectivity index (χ2n) is 8.27. The van der Waals surface area contributed by atoms with Crippen LogP contribution in [-0.2, 0) is 16.5 Å². The Morgan fingerprint density at radius 1 is 1.28 bits per heavy atom. The third-order valence-corrected chi connectivity index (χ3v) is 6.09. The second kappa shape index (κ2) is 7.28. The van der Waals surface area contributed by atoms with E-state index in [1.165, 1.54) is 0 Å². The molecule has 1 saturated heterocycles. The Balaban J connectivity index is 1.50. The van der Waals surface area contributed by atoms with E-state index in [0.29, 0.717) is 23.7 Å². The van der Waals surface area contributed by atoms with Crippen LogP contribution in [0.1, 0.15) is 45.8 Å². The molecular formula is C22H19F4N3O3. The normalized spacial score (nSPS) is 23.6. The fourth-order valence-corrected chi connectivity index (χ4v) is 4.15. The first kappa shape index (κ1) is 20.9. The minimum atomic E-state index is -4.73. The van der Waals surface area contributed by atoms with Gasteiger partial charge in [0.25, 0.3) is 5.91 Å². The summed E-state index contributed by atoms with van der Waals surface area (Å²) in [5.41, 5.74) is -1.54. The zero-order valence-electron chi connectivity index (χ0n) is 16.7. The van der Waals surface area contributed by atoms with Crippen molar-refractivity contribution in [2.45, 2.75) is 36.6 Å². The van der Waals surface area contributed by atoms with Crippen molar-refractivity contribution in [3.63, 3.8) is 0 Å². The van der Waals surface area contributed by atoms with E-state index in [1.54, 1.807) is 22.9 Å². The van der Waals surface area contributed by atoms with Gasteiger partial charge in [0.05, 0.1) is 24.3 Å². The maximum Gasteiger partial charge on any atom is 0.416 e. The number of amides is 1. The molecule has 2 atom stereocenters. The van der Waals surface area contributed by atoms with E-state index in [1.807, 2.05) is 6.20 Å². The van der Waals surface area contributed by atoms with Crippen molar-refractivity contribution in [2.24, 2.45) is 0 Å². The third kappa shape index (κ3) is 3.43. The number of aromatic nitrogens is 2. The largest absolute Gasteiger partial charge is 0.416 e. The molecule has 2 N–H and O–H groups in total. The fraction of sp³-hybridized carbons (Fsp3) is 0.364. The lowest BCUT2D eigenvalue weighted by Crippen LogP contribution is -2.54. The molecule has 168 valence electrons. The number of carbonyl (C=O) groups excluding carboxylic acids is 1. The number of hydrogen-bond acceptors (Lipinski definition) is 4. The molecule has 2 aliphatic rings. The zero-order valence-corrected chi connectivity index (χ0v) is 16.7. The molecule has 3 aromatic rings. The maximum atomic E-state index is 14.8. The molecule has 5 rings (SSSR count). The minimum absolute atomic E-state index is 0.193. The number of aliphatic hydroxyl groups excluding tert-OH is 1. The molecule has 1 amide bonds. The average Bonchev–Trinajstić information content (AvgIpc) is 3.41. The SMILES string of the molecule is O=C(NC1(c2ccc(C(F)(F)F)cc2F)COCC1O)c1ccn2cc(C3CC3)cnc12. The predicted octanol–water partition coefficient (Wildman–Crippen LogP) is 3.39. The highest BCUT2D eigenvalue weighted by atomic mass is 19.4. The first-order chi connectivity index (χ1) is 15.2. The van der Waals surface area contributed by atoms with Crippen LogP contribution in [0.4, 0.5) is 17.6 Å². The first-order valence-electron chi connectivity index (χ1n) is 10.1. The van der Waals surface area contributed by atoms with Gasteiger partial charge in [0, 0.05) is 24.2 Å². The van der Waals surface area contributed by atoms with E-state index < -0.39 is 35.1 Å². The van der Waals surface area contributed by atoms with E-state index in [2.05, 4.69) is 10.3 Å². The fourth-order valence-electron chi connectivity index (χ4n) is 4.15. The number of aliphatic hydroxyl groups is 1. The summed E-state index contributed by atoms with van der Waals surface area (Å²) in [5.74, 6) is -1.37. The molecule has 2 aromatic heterocycles. The Hall–Kier alpha value is -2.98. The van der Waals surface area contributed by atoms with Crippen LogP contribution in [0.2, 0.25) is 0 Å². The van der Waals surface area contributed by atoms with Crippen molar-refractivity contribution >= 4 is 11.6 Å². The average molecular weight is 449 g/mol. The van der Waals surface area contributed by atoms with E-state index in [4.69, 9.17) is 4.74 Å². The molecule has 1 aliphatic carbocycles. The van der Waals surface area contributed by atoms with Crippen LogP contribution in [0.15, 0.2) is 42.9 Å². The van der Waals surface area contributed by atoms with Crippen molar-refractivity contribution < 1.29 is 32.2 Å². The number of halogens is 4. The standard InChI is InChI=1S/C22H19F4N3O3/c23-17-7-14(22(24,25)26)3-4-16(17)21(11-32-10-18(21)30)28-20(31)15-5-6-29-9-13(12-1-2-12)8-27-19(15)29/h3-9,12,18,30H,1-2,10-11H2,(H,28,31). The van der Waals surface area contributed by atoms with Crippen LogP contribution in [-0.4, -0.2) is 39.7 Å². The summed E-state index contributed by atoms with van der Waals surface area (Å²) in [4.78, 5) is 17.5. The van der Waals surface area contributed by atoms with Gasteiger partial charge in [0.1, 0.15) is 23.1 Å². The van der Waals surface area contributed by atoms with Crippen molar-refractivity contribution in [1.82, 2.24) is 14.7 Å². The molecule has 0 bridgehead atoms. The Bertz CT molecular complexity index is 1200. The molecule has 3 heterocycles. The van der Waals surface area contributed by atoms with Crippen molar-refractivity contribution in [3.8, 4) is 0 Å². The van der Waals surface area contributed by atoms with Gasteiger partial charge in [0.2, 0.25) is 0 Å². The Labute approximate surface area is 179 Å². The number of ether oxygens (including phenoxy) is 1. The van der Waals surface area contributed by atoms with E-state index >= 15 is 0 Å². The van der Waals surface area contributed by atoms with Crippen LogP contribution >= 0.6 is 0 Å². The molecule has 2 fully saturated rings. The van der Waals surface area contributed by atoms with Crippen molar-refractivity contribution in [1.29, 1.82) is 0 Å². The van der Waals surface area contributed by atoms with Gasteiger partial charge >= 0.3 is 6.18 Å².